The van der Waals surface area contributed by atoms with E-state index in [1.807, 2.05) is 0 Å². The number of hydrogen-bond donors (Lipinski definition) is 2. The third-order valence-electron chi connectivity index (χ3n) is 5.77. The van der Waals surface area contributed by atoms with Crippen LogP contribution >= 0.6 is 23.2 Å². The number of carbonyl (C=O) groups is 3. The molecule has 0 aromatic heterocycles. The zero-order chi connectivity index (χ0) is 23.5. The Morgan fingerprint density at radius 3 is 2.36 bits per heavy atom. The van der Waals surface area contributed by atoms with Crippen molar-refractivity contribution in [2.75, 3.05) is 17.3 Å². The predicted octanol–water partition coefficient (Wildman–Crippen LogP) is 4.85. The fourth-order valence-corrected chi connectivity index (χ4v) is 4.41. The van der Waals surface area contributed by atoms with Crippen LogP contribution in [-0.2, 0) is 9.59 Å². The number of halogens is 2. The number of carbonyl (C=O) groups excluding carboxylic acids is 3. The Kier molecular flexibility index (Phi) is 6.91. The second kappa shape index (κ2) is 9.85. The molecule has 0 atom stereocenters. The van der Waals surface area contributed by atoms with Gasteiger partial charge in [0.15, 0.2) is 0 Å². The Morgan fingerprint density at radius 1 is 1.00 bits per heavy atom. The minimum atomic E-state index is -0.687. The lowest BCUT2D eigenvalue weighted by atomic mass is 9.95. The summed E-state index contributed by atoms with van der Waals surface area (Å²) in [6.07, 6.45) is 5.49. The molecule has 1 heterocycles. The van der Waals surface area contributed by atoms with Crippen molar-refractivity contribution in [1.82, 2.24) is 5.32 Å². The molecule has 3 amide bonds. The zero-order valence-corrected chi connectivity index (χ0v) is 19.5. The number of rotatable bonds is 6. The summed E-state index contributed by atoms with van der Waals surface area (Å²) < 4.78 is 5.26. The molecule has 33 heavy (non-hydrogen) atoms. The molecule has 1 saturated carbocycles. The number of nitrogens with one attached hydrogen (secondary N) is 2. The summed E-state index contributed by atoms with van der Waals surface area (Å²) in [7, 11) is 1.43. The Labute approximate surface area is 201 Å². The fourth-order valence-electron chi connectivity index (χ4n) is 4.03. The molecule has 1 aliphatic carbocycles. The molecule has 2 aromatic carbocycles. The van der Waals surface area contributed by atoms with Crippen LogP contribution in [0.5, 0.6) is 5.75 Å². The molecular formula is C24H23Cl2N3O4. The number of anilines is 2. The molecular weight excluding hydrogens is 465 g/mol. The standard InChI is InChI=1S/C24H23Cl2N3O4/c1-33-19-12-9-15(25)13-18(19)29-23(31)20(26)21(24(29)32)27-17-10-7-14(8-11-17)22(30)28-16-5-3-2-4-6-16/h7-13,16,27H,2-6H2,1H3,(H,28,30). The maximum Gasteiger partial charge on any atom is 0.283 e. The summed E-state index contributed by atoms with van der Waals surface area (Å²) in [5, 5.41) is 6.06. The monoisotopic (exact) mass is 487 g/mol. The Morgan fingerprint density at radius 2 is 1.70 bits per heavy atom. The summed E-state index contributed by atoms with van der Waals surface area (Å²) in [5.41, 5.74) is 1.16. The van der Waals surface area contributed by atoms with E-state index in [-0.39, 0.29) is 28.4 Å². The Hall–Kier alpha value is -3.03. The van der Waals surface area contributed by atoms with Crippen LogP contribution in [0.15, 0.2) is 53.2 Å². The van der Waals surface area contributed by atoms with E-state index in [4.69, 9.17) is 27.9 Å². The molecule has 2 N–H and O–H groups in total. The molecule has 0 radical (unpaired) electrons. The van der Waals surface area contributed by atoms with Crippen LogP contribution in [0.3, 0.4) is 0 Å². The van der Waals surface area contributed by atoms with Gasteiger partial charge in [-0.2, -0.15) is 0 Å². The molecule has 2 aromatic rings. The van der Waals surface area contributed by atoms with Crippen molar-refractivity contribution in [3.8, 4) is 5.75 Å². The van der Waals surface area contributed by atoms with Gasteiger partial charge in [0.25, 0.3) is 17.7 Å². The van der Waals surface area contributed by atoms with E-state index >= 15 is 0 Å². The molecule has 7 nitrogen and oxygen atoms in total. The number of ether oxygens (including phenoxy) is 1. The van der Waals surface area contributed by atoms with Crippen molar-refractivity contribution in [2.45, 2.75) is 38.1 Å². The first-order chi connectivity index (χ1) is 15.9. The minimum absolute atomic E-state index is 0.0666. The van der Waals surface area contributed by atoms with Crippen molar-refractivity contribution in [3.05, 3.63) is 63.8 Å². The largest absolute Gasteiger partial charge is 0.495 e. The highest BCUT2D eigenvalue weighted by Gasteiger charge is 2.40. The van der Waals surface area contributed by atoms with Crippen molar-refractivity contribution in [2.24, 2.45) is 0 Å². The molecule has 9 heteroatoms. The molecule has 172 valence electrons. The molecule has 0 saturated heterocycles. The first-order valence-electron chi connectivity index (χ1n) is 10.7. The van der Waals surface area contributed by atoms with Crippen LogP contribution in [0.2, 0.25) is 5.02 Å². The van der Waals surface area contributed by atoms with Crippen LogP contribution in [0.4, 0.5) is 11.4 Å². The van der Waals surface area contributed by atoms with E-state index in [0.717, 1.165) is 30.6 Å². The van der Waals surface area contributed by atoms with Crippen molar-refractivity contribution < 1.29 is 19.1 Å². The van der Waals surface area contributed by atoms with Crippen molar-refractivity contribution in [3.63, 3.8) is 0 Å². The van der Waals surface area contributed by atoms with Gasteiger partial charge < -0.3 is 15.4 Å². The Balaban J connectivity index is 1.48. The third kappa shape index (κ3) is 4.84. The van der Waals surface area contributed by atoms with Gasteiger partial charge in [0.05, 0.1) is 12.8 Å². The Bertz CT molecular complexity index is 1130. The number of nitrogens with zero attached hydrogens (tertiary/aromatic N) is 1. The van der Waals surface area contributed by atoms with Gasteiger partial charge in [-0.25, -0.2) is 4.90 Å². The quantitative estimate of drug-likeness (QED) is 0.568. The lowest BCUT2D eigenvalue weighted by molar-refractivity contribution is -0.120. The van der Waals surface area contributed by atoms with Gasteiger partial charge in [0.1, 0.15) is 16.5 Å². The topological polar surface area (TPSA) is 87.7 Å². The average molecular weight is 488 g/mol. The highest BCUT2D eigenvalue weighted by molar-refractivity contribution is 6.53. The van der Waals surface area contributed by atoms with Gasteiger partial charge in [-0.15, -0.1) is 0 Å². The van der Waals surface area contributed by atoms with Crippen LogP contribution < -0.4 is 20.3 Å². The molecule has 1 fully saturated rings. The number of imide groups is 1. The van der Waals surface area contributed by atoms with E-state index in [1.165, 1.54) is 19.6 Å². The van der Waals surface area contributed by atoms with E-state index in [9.17, 15) is 14.4 Å². The SMILES string of the molecule is COc1ccc(Cl)cc1N1C(=O)C(Cl)=C(Nc2ccc(C(=O)NC3CCCCC3)cc2)C1=O. The summed E-state index contributed by atoms with van der Waals surface area (Å²) in [6.45, 7) is 0. The first kappa shape index (κ1) is 23.1. The van der Waals surface area contributed by atoms with Crippen LogP contribution in [0.25, 0.3) is 0 Å². The third-order valence-corrected chi connectivity index (χ3v) is 6.35. The summed E-state index contributed by atoms with van der Waals surface area (Å²) in [4.78, 5) is 39.2. The van der Waals surface area contributed by atoms with Gasteiger partial charge in [0, 0.05) is 22.3 Å². The van der Waals surface area contributed by atoms with E-state index < -0.39 is 11.8 Å². The zero-order valence-electron chi connectivity index (χ0n) is 18.0. The average Bonchev–Trinajstić information content (AvgIpc) is 3.03. The highest BCUT2D eigenvalue weighted by Crippen LogP contribution is 2.37. The second-order valence-corrected chi connectivity index (χ2v) is 8.78. The number of benzene rings is 2. The lowest BCUT2D eigenvalue weighted by Crippen LogP contribution is -2.36. The van der Waals surface area contributed by atoms with Gasteiger partial charge >= 0.3 is 0 Å². The van der Waals surface area contributed by atoms with Gasteiger partial charge in [-0.05, 0) is 55.3 Å². The van der Waals surface area contributed by atoms with E-state index in [2.05, 4.69) is 10.6 Å². The van der Waals surface area contributed by atoms with Crippen LogP contribution in [-0.4, -0.2) is 30.9 Å². The minimum Gasteiger partial charge on any atom is -0.495 e. The lowest BCUT2D eigenvalue weighted by Gasteiger charge is -2.22. The predicted molar refractivity (Wildman–Crippen MR) is 128 cm³/mol. The number of methoxy groups -OCH3 is 1. The maximum absolute atomic E-state index is 13.0. The first-order valence-corrected chi connectivity index (χ1v) is 11.4. The molecule has 0 spiro atoms. The molecule has 1 aliphatic heterocycles. The van der Waals surface area contributed by atoms with Gasteiger partial charge in [-0.1, -0.05) is 42.5 Å². The summed E-state index contributed by atoms with van der Waals surface area (Å²) in [5.74, 6) is -1.14. The highest BCUT2D eigenvalue weighted by atomic mass is 35.5. The molecule has 0 bridgehead atoms. The molecule has 2 aliphatic rings. The van der Waals surface area contributed by atoms with Crippen molar-refractivity contribution >= 4 is 52.3 Å². The molecule has 4 rings (SSSR count). The van der Waals surface area contributed by atoms with E-state index in [1.54, 1.807) is 36.4 Å². The maximum atomic E-state index is 13.0. The normalized spacial score (nSPS) is 16.9. The van der Waals surface area contributed by atoms with Crippen LogP contribution in [0.1, 0.15) is 42.5 Å². The molecule has 0 unspecified atom stereocenters. The van der Waals surface area contributed by atoms with Crippen LogP contribution in [0, 0.1) is 0 Å². The van der Waals surface area contributed by atoms with E-state index in [0.29, 0.717) is 22.0 Å². The number of hydrogen-bond acceptors (Lipinski definition) is 5. The fraction of sp³-hybridized carbons (Fsp3) is 0.292. The second-order valence-electron chi connectivity index (χ2n) is 7.96. The van der Waals surface area contributed by atoms with Gasteiger partial charge in [0.2, 0.25) is 0 Å². The summed E-state index contributed by atoms with van der Waals surface area (Å²) in [6, 6.07) is 11.5. The number of amides is 3. The van der Waals surface area contributed by atoms with Gasteiger partial charge in [-0.3, -0.25) is 14.4 Å². The van der Waals surface area contributed by atoms with Crippen molar-refractivity contribution in [1.29, 1.82) is 0 Å². The smallest absolute Gasteiger partial charge is 0.283 e. The summed E-state index contributed by atoms with van der Waals surface area (Å²) >= 11 is 12.3.